The van der Waals surface area contributed by atoms with Crippen LogP contribution in [0.3, 0.4) is 0 Å². The highest BCUT2D eigenvalue weighted by Gasteiger charge is 2.58. The predicted molar refractivity (Wildman–Crippen MR) is 220 cm³/mol. The summed E-state index contributed by atoms with van der Waals surface area (Å²) in [6, 6.07) is 0. The zero-order valence-corrected chi connectivity index (χ0v) is 39.9. The van der Waals surface area contributed by atoms with E-state index in [-0.39, 0.29) is 56.8 Å². The number of allylic oxidation sites excluding steroid dienone is 1. The van der Waals surface area contributed by atoms with Gasteiger partial charge >= 0.3 is 0 Å². The Labute approximate surface area is 304 Å². The normalized spacial score (nSPS) is 25.6. The molecule has 0 bridgehead atoms. The summed E-state index contributed by atoms with van der Waals surface area (Å²) in [5.74, 6) is 0. The lowest BCUT2D eigenvalue weighted by Gasteiger charge is -2.56. The van der Waals surface area contributed by atoms with E-state index in [0.29, 0.717) is 0 Å². The first-order valence-electron chi connectivity index (χ1n) is 17.5. The molecule has 0 aromatic carbocycles. The van der Waals surface area contributed by atoms with Crippen molar-refractivity contribution in [3.63, 3.8) is 0 Å². The summed E-state index contributed by atoms with van der Waals surface area (Å²) < 4.78 is 39.3. The SMILES string of the molecule is C=CCC[C@@H]1O[C@@H]([C@H](/C=C/I)O[Si](C)(C)C(C)(C)C)[C@@H](O[Si](C)(C)C(C)(C)C)[C@@H](O[Si](C)(C)C(C)(C)C)[C@H]1O[Si](C)(C)C(C)(C)C. The smallest absolute Gasteiger partial charge is 0.193 e. The van der Waals surface area contributed by atoms with E-state index in [1.54, 1.807) is 0 Å². The Bertz CT molecular complexity index is 1020. The van der Waals surface area contributed by atoms with Gasteiger partial charge in [0.1, 0.15) is 18.3 Å². The lowest BCUT2D eigenvalue weighted by atomic mass is 9.90. The maximum Gasteiger partial charge on any atom is 0.193 e. The van der Waals surface area contributed by atoms with Crippen LogP contribution in [0.4, 0.5) is 0 Å². The second-order valence-electron chi connectivity index (χ2n) is 19.7. The van der Waals surface area contributed by atoms with Crippen molar-refractivity contribution in [2.24, 2.45) is 0 Å². The molecule has 46 heavy (non-hydrogen) atoms. The van der Waals surface area contributed by atoms with E-state index >= 15 is 0 Å². The van der Waals surface area contributed by atoms with Crippen LogP contribution in [0.5, 0.6) is 0 Å². The molecule has 1 fully saturated rings. The zero-order chi connectivity index (χ0) is 36.5. The molecular weight excluding hydrogens is 752 g/mol. The molecule has 6 atom stereocenters. The van der Waals surface area contributed by atoms with E-state index < -0.39 is 33.3 Å². The topological polar surface area (TPSA) is 46.2 Å². The summed E-state index contributed by atoms with van der Waals surface area (Å²) in [7, 11) is -9.04. The van der Waals surface area contributed by atoms with Gasteiger partial charge in [-0.3, -0.25) is 0 Å². The summed E-state index contributed by atoms with van der Waals surface area (Å²) in [5, 5.41) is 0.0905. The monoisotopic (exact) mass is 826 g/mol. The molecule has 0 aromatic heterocycles. The van der Waals surface area contributed by atoms with Crippen LogP contribution in [0.15, 0.2) is 22.8 Å². The van der Waals surface area contributed by atoms with Crippen molar-refractivity contribution in [2.75, 3.05) is 0 Å². The van der Waals surface area contributed by atoms with Crippen LogP contribution < -0.4 is 0 Å². The molecule has 0 aliphatic carbocycles. The molecule has 1 rings (SSSR count). The van der Waals surface area contributed by atoms with Gasteiger partial charge in [-0.2, -0.15) is 0 Å². The zero-order valence-electron chi connectivity index (χ0n) is 33.7. The van der Waals surface area contributed by atoms with Crippen molar-refractivity contribution in [1.29, 1.82) is 0 Å². The van der Waals surface area contributed by atoms with E-state index in [9.17, 15) is 0 Å². The maximum absolute atomic E-state index is 7.61. The van der Waals surface area contributed by atoms with Gasteiger partial charge in [0.05, 0.1) is 18.3 Å². The van der Waals surface area contributed by atoms with E-state index in [0.717, 1.165) is 12.8 Å². The van der Waals surface area contributed by atoms with Crippen molar-refractivity contribution in [3.8, 4) is 0 Å². The average molecular weight is 827 g/mol. The van der Waals surface area contributed by atoms with Crippen LogP contribution in [-0.2, 0) is 22.4 Å². The van der Waals surface area contributed by atoms with E-state index in [1.165, 1.54) is 0 Å². The number of ether oxygens (including phenoxy) is 1. The molecule has 0 spiro atoms. The molecule has 0 saturated carbocycles. The van der Waals surface area contributed by atoms with Crippen LogP contribution in [-0.4, -0.2) is 69.9 Å². The Morgan fingerprint density at radius 1 is 0.630 bits per heavy atom. The highest BCUT2D eigenvalue weighted by molar-refractivity contribution is 14.1. The quantitative estimate of drug-likeness (QED) is 0.105. The van der Waals surface area contributed by atoms with Crippen LogP contribution in [0.2, 0.25) is 72.5 Å². The summed E-state index contributed by atoms with van der Waals surface area (Å²) in [4.78, 5) is 0. The Morgan fingerprint density at radius 2 is 1.00 bits per heavy atom. The van der Waals surface area contributed by atoms with Gasteiger partial charge < -0.3 is 22.4 Å². The minimum absolute atomic E-state index is 0.00341. The van der Waals surface area contributed by atoms with Gasteiger partial charge in [0.15, 0.2) is 33.3 Å². The van der Waals surface area contributed by atoms with Gasteiger partial charge in [-0.1, -0.05) is 112 Å². The third-order valence-corrected chi connectivity index (χ3v) is 30.2. The highest BCUT2D eigenvalue weighted by atomic mass is 127. The van der Waals surface area contributed by atoms with Crippen LogP contribution in [0.1, 0.15) is 95.9 Å². The number of hydrogen-bond donors (Lipinski definition) is 0. The van der Waals surface area contributed by atoms with Gasteiger partial charge in [0.25, 0.3) is 0 Å². The minimum Gasteiger partial charge on any atom is -0.409 e. The van der Waals surface area contributed by atoms with Crippen molar-refractivity contribution in [2.45, 2.75) is 205 Å². The molecule has 0 amide bonds. The van der Waals surface area contributed by atoms with Gasteiger partial charge in [0, 0.05) is 0 Å². The molecule has 1 aliphatic heterocycles. The Kier molecular flexibility index (Phi) is 15.3. The van der Waals surface area contributed by atoms with Crippen molar-refractivity contribution in [1.82, 2.24) is 0 Å². The second-order valence-corrected chi connectivity index (χ2v) is 39.4. The van der Waals surface area contributed by atoms with E-state index in [1.807, 2.05) is 6.08 Å². The van der Waals surface area contributed by atoms with Gasteiger partial charge in [-0.05, 0) is 95.5 Å². The molecule has 1 aliphatic rings. The summed E-state index contributed by atoms with van der Waals surface area (Å²) >= 11 is 2.33. The summed E-state index contributed by atoms with van der Waals surface area (Å²) in [6.45, 7) is 50.6. The third-order valence-electron chi connectivity index (χ3n) is 11.9. The maximum atomic E-state index is 7.61. The van der Waals surface area contributed by atoms with E-state index in [2.05, 4.69) is 175 Å². The molecule has 0 N–H and O–H groups in total. The van der Waals surface area contributed by atoms with Crippen molar-refractivity contribution in [3.05, 3.63) is 22.8 Å². The first-order chi connectivity index (χ1) is 20.3. The first-order valence-corrected chi connectivity index (χ1v) is 30.4. The van der Waals surface area contributed by atoms with Gasteiger partial charge in [-0.25, -0.2) is 0 Å². The lowest BCUT2D eigenvalue weighted by molar-refractivity contribution is -0.225. The molecule has 10 heteroatoms. The summed E-state index contributed by atoms with van der Waals surface area (Å²) in [6.07, 6.45) is 4.11. The molecule has 0 aromatic rings. The van der Waals surface area contributed by atoms with Crippen molar-refractivity contribution < 1.29 is 22.4 Å². The summed E-state index contributed by atoms with van der Waals surface area (Å²) in [5.41, 5.74) is 0. The lowest BCUT2D eigenvalue weighted by Crippen LogP contribution is -2.69. The average Bonchev–Trinajstić information content (AvgIpc) is 2.81. The molecule has 272 valence electrons. The molecule has 5 nitrogen and oxygen atoms in total. The Morgan fingerprint density at radius 3 is 1.35 bits per heavy atom. The number of rotatable bonds is 13. The fourth-order valence-electron chi connectivity index (χ4n) is 4.49. The molecule has 1 saturated heterocycles. The molecule has 0 unspecified atom stereocenters. The minimum atomic E-state index is -2.31. The van der Waals surface area contributed by atoms with Gasteiger partial charge in [0.2, 0.25) is 0 Å². The largest absolute Gasteiger partial charge is 0.409 e. The molecule has 1 heterocycles. The predicted octanol–water partition coefficient (Wildman–Crippen LogP) is 12.2. The molecular formula is C36H75IO5Si4. The second kappa shape index (κ2) is 15.6. The van der Waals surface area contributed by atoms with E-state index in [4.69, 9.17) is 22.4 Å². The van der Waals surface area contributed by atoms with Crippen molar-refractivity contribution >= 4 is 55.9 Å². The number of hydrogen-bond acceptors (Lipinski definition) is 5. The third kappa shape index (κ3) is 11.2. The number of halogens is 1. The Balaban J connectivity index is 4.18. The Hall–Kier alpha value is 0.878. The molecule has 0 radical (unpaired) electrons. The van der Waals surface area contributed by atoms with Crippen LogP contribution in [0, 0.1) is 0 Å². The fraction of sp³-hybridized carbons (Fsp3) is 0.889. The fourth-order valence-corrected chi connectivity index (χ4v) is 10.1. The highest BCUT2D eigenvalue weighted by Crippen LogP contribution is 2.48. The standard InChI is InChI=1S/C36H75IO5Si4/c1-22-23-24-27-30(40-44(16,17)34(5,6)7)32(42-46(20,21)36(11,12)13)31(41-45(18,19)35(8,9)10)29(38-27)28(25-26-37)39-43(14,15)33(2,3)4/h22,25-32H,1,23-24H2,2-21H3/b26-25+/t27-,28-,29-,30-,31+,32-/m0/s1. The van der Waals surface area contributed by atoms with Crippen LogP contribution >= 0.6 is 22.6 Å². The van der Waals surface area contributed by atoms with Gasteiger partial charge in [-0.15, -0.1) is 6.58 Å². The van der Waals surface area contributed by atoms with Crippen LogP contribution in [0.25, 0.3) is 0 Å². The first kappa shape index (κ1) is 44.9.